The van der Waals surface area contributed by atoms with Crippen molar-refractivity contribution in [3.05, 3.63) is 46.5 Å². The van der Waals surface area contributed by atoms with Crippen molar-refractivity contribution in [2.45, 2.75) is 32.2 Å². The van der Waals surface area contributed by atoms with Gasteiger partial charge in [-0.25, -0.2) is 4.98 Å². The van der Waals surface area contributed by atoms with Crippen LogP contribution in [0.1, 0.15) is 35.2 Å². The molecule has 2 aliphatic rings. The summed E-state index contributed by atoms with van der Waals surface area (Å²) in [5.74, 6) is -0.00156. The van der Waals surface area contributed by atoms with E-state index in [0.29, 0.717) is 55.5 Å². The molecule has 0 saturated carbocycles. The highest BCUT2D eigenvalue weighted by atomic mass is 79.9. The van der Waals surface area contributed by atoms with Crippen molar-refractivity contribution in [3.8, 4) is 0 Å². The van der Waals surface area contributed by atoms with Crippen molar-refractivity contribution in [2.75, 3.05) is 42.9 Å². The number of carbonyl (C=O) groups is 2. The van der Waals surface area contributed by atoms with Crippen LogP contribution in [0, 0.1) is 6.92 Å². The van der Waals surface area contributed by atoms with E-state index < -0.39 is 0 Å². The Balaban J connectivity index is 1.34. The van der Waals surface area contributed by atoms with Crippen LogP contribution in [0.15, 0.2) is 35.3 Å². The number of halogens is 1. The Morgan fingerprint density at radius 3 is 2.76 bits per heavy atom. The standard InChI is InChI=1S/C24H28BrN7O2/c1-15-9-16(12-26-11-15)24(34)30-19-14-29-23-21(19)22(18(25)13-28-23)32-7-5-31(6-8-32)20(33)10-17-3-2-4-27-17/h9,11-14,17,27H,2-8,10H2,1H3,(H,28,29)(H,30,34)/t17-/m0/s1. The third kappa shape index (κ3) is 4.65. The molecule has 5 rings (SSSR count). The minimum Gasteiger partial charge on any atom is -0.366 e. The van der Waals surface area contributed by atoms with E-state index in [1.807, 2.05) is 17.9 Å². The number of aromatic amines is 1. The number of aromatic nitrogens is 3. The number of piperazine rings is 1. The van der Waals surface area contributed by atoms with Crippen molar-refractivity contribution in [3.63, 3.8) is 0 Å². The van der Waals surface area contributed by atoms with Crippen LogP contribution in [0.5, 0.6) is 0 Å². The highest BCUT2D eigenvalue weighted by Gasteiger charge is 2.27. The van der Waals surface area contributed by atoms with Gasteiger partial charge >= 0.3 is 0 Å². The summed E-state index contributed by atoms with van der Waals surface area (Å²) >= 11 is 3.67. The van der Waals surface area contributed by atoms with Crippen LogP contribution in [0.2, 0.25) is 0 Å². The van der Waals surface area contributed by atoms with Crippen LogP contribution in [-0.2, 0) is 4.79 Å². The maximum Gasteiger partial charge on any atom is 0.257 e. The third-order valence-corrected chi connectivity index (χ3v) is 7.13. The van der Waals surface area contributed by atoms with E-state index in [2.05, 4.69) is 46.4 Å². The lowest BCUT2D eigenvalue weighted by molar-refractivity contribution is -0.131. The topological polar surface area (TPSA) is 106 Å². The van der Waals surface area contributed by atoms with Gasteiger partial charge in [0.2, 0.25) is 5.91 Å². The highest BCUT2D eigenvalue weighted by molar-refractivity contribution is 9.10. The first-order valence-corrected chi connectivity index (χ1v) is 12.4. The molecule has 0 radical (unpaired) electrons. The molecule has 9 nitrogen and oxygen atoms in total. The number of carbonyl (C=O) groups excluding carboxylic acids is 2. The van der Waals surface area contributed by atoms with Gasteiger partial charge < -0.3 is 25.4 Å². The van der Waals surface area contributed by atoms with Crippen LogP contribution in [0.25, 0.3) is 11.0 Å². The minimum absolute atomic E-state index is 0.222. The van der Waals surface area contributed by atoms with Gasteiger partial charge in [-0.3, -0.25) is 14.6 Å². The quantitative estimate of drug-likeness (QED) is 0.472. The first kappa shape index (κ1) is 22.8. The predicted molar refractivity (Wildman–Crippen MR) is 135 cm³/mol. The maximum atomic E-state index is 12.9. The van der Waals surface area contributed by atoms with Crippen LogP contribution in [-0.4, -0.2) is 70.4 Å². The zero-order valence-corrected chi connectivity index (χ0v) is 20.7. The van der Waals surface area contributed by atoms with Crippen LogP contribution in [0.4, 0.5) is 11.4 Å². The molecule has 3 N–H and O–H groups in total. The van der Waals surface area contributed by atoms with Gasteiger partial charge in [0.25, 0.3) is 5.91 Å². The number of nitrogens with zero attached hydrogens (tertiary/aromatic N) is 4. The van der Waals surface area contributed by atoms with Gasteiger partial charge in [-0.2, -0.15) is 0 Å². The van der Waals surface area contributed by atoms with Gasteiger partial charge in [0, 0.05) is 63.4 Å². The van der Waals surface area contributed by atoms with Gasteiger partial charge in [-0.05, 0) is 53.9 Å². The molecule has 1 atom stereocenters. The lowest BCUT2D eigenvalue weighted by atomic mass is 10.1. The van der Waals surface area contributed by atoms with Crippen molar-refractivity contribution in [1.82, 2.24) is 25.2 Å². The molecule has 0 bridgehead atoms. The number of hydrogen-bond acceptors (Lipinski definition) is 6. The van der Waals surface area contributed by atoms with E-state index in [1.165, 1.54) is 0 Å². The second-order valence-electron chi connectivity index (χ2n) is 8.95. The van der Waals surface area contributed by atoms with E-state index in [0.717, 1.165) is 40.5 Å². The zero-order valence-electron chi connectivity index (χ0n) is 19.1. The number of aryl methyl sites for hydroxylation is 1. The second-order valence-corrected chi connectivity index (χ2v) is 9.81. The molecule has 2 amide bonds. The Labute approximate surface area is 206 Å². The highest BCUT2D eigenvalue weighted by Crippen LogP contribution is 2.38. The third-order valence-electron chi connectivity index (χ3n) is 6.55. The molecule has 0 aliphatic carbocycles. The fourth-order valence-corrected chi connectivity index (χ4v) is 5.34. The van der Waals surface area contributed by atoms with E-state index in [9.17, 15) is 9.59 Å². The van der Waals surface area contributed by atoms with Crippen molar-refractivity contribution in [1.29, 1.82) is 0 Å². The molecule has 3 aromatic heterocycles. The van der Waals surface area contributed by atoms with Gasteiger partial charge in [-0.1, -0.05) is 0 Å². The fourth-order valence-electron chi connectivity index (χ4n) is 4.79. The number of H-pyrrole nitrogens is 1. The summed E-state index contributed by atoms with van der Waals surface area (Å²) < 4.78 is 0.849. The molecule has 178 valence electrons. The van der Waals surface area contributed by atoms with Crippen LogP contribution in [0.3, 0.4) is 0 Å². The summed E-state index contributed by atoms with van der Waals surface area (Å²) in [6, 6.07) is 2.12. The van der Waals surface area contributed by atoms with Crippen molar-refractivity contribution in [2.24, 2.45) is 0 Å². The molecule has 3 aromatic rings. The first-order chi connectivity index (χ1) is 16.5. The minimum atomic E-state index is -0.223. The largest absolute Gasteiger partial charge is 0.366 e. The summed E-state index contributed by atoms with van der Waals surface area (Å²) in [6.45, 7) is 5.67. The number of amides is 2. The normalized spacial score (nSPS) is 18.5. The molecule has 2 fully saturated rings. The zero-order chi connectivity index (χ0) is 23.7. The molecule has 5 heterocycles. The Hall–Kier alpha value is -2.98. The molecule has 0 unspecified atom stereocenters. The molecule has 0 spiro atoms. The number of hydrogen-bond donors (Lipinski definition) is 3. The Morgan fingerprint density at radius 1 is 1.21 bits per heavy atom. The average molecular weight is 526 g/mol. The Morgan fingerprint density at radius 2 is 2.03 bits per heavy atom. The lowest BCUT2D eigenvalue weighted by Crippen LogP contribution is -2.49. The average Bonchev–Trinajstić information content (AvgIpc) is 3.49. The van der Waals surface area contributed by atoms with E-state index >= 15 is 0 Å². The molecule has 0 aromatic carbocycles. The number of rotatable bonds is 5. The summed E-state index contributed by atoms with van der Waals surface area (Å²) in [5.41, 5.74) is 3.75. The summed E-state index contributed by atoms with van der Waals surface area (Å²) in [7, 11) is 0. The van der Waals surface area contributed by atoms with E-state index in [1.54, 1.807) is 24.8 Å². The second kappa shape index (κ2) is 9.71. The molecule has 10 heteroatoms. The fraction of sp³-hybridized carbons (Fsp3) is 0.417. The Kier molecular flexibility index (Phi) is 6.51. The van der Waals surface area contributed by atoms with E-state index in [4.69, 9.17) is 0 Å². The van der Waals surface area contributed by atoms with Crippen molar-refractivity contribution >= 4 is 50.2 Å². The smallest absolute Gasteiger partial charge is 0.257 e. The van der Waals surface area contributed by atoms with Gasteiger partial charge in [0.15, 0.2) is 0 Å². The predicted octanol–water partition coefficient (Wildman–Crippen LogP) is 3.07. The number of nitrogens with one attached hydrogen (secondary N) is 3. The summed E-state index contributed by atoms with van der Waals surface area (Å²) in [6.07, 6.45) is 9.61. The van der Waals surface area contributed by atoms with Gasteiger partial charge in [-0.15, -0.1) is 0 Å². The van der Waals surface area contributed by atoms with Gasteiger partial charge in [0.05, 0.1) is 26.8 Å². The number of pyridine rings is 2. The Bertz CT molecular complexity index is 1210. The van der Waals surface area contributed by atoms with Crippen LogP contribution < -0.4 is 15.5 Å². The molecule has 2 saturated heterocycles. The molecular formula is C24H28BrN7O2. The monoisotopic (exact) mass is 525 g/mol. The molecule has 34 heavy (non-hydrogen) atoms. The number of anilines is 2. The summed E-state index contributed by atoms with van der Waals surface area (Å²) in [5, 5.41) is 7.27. The first-order valence-electron chi connectivity index (χ1n) is 11.6. The maximum absolute atomic E-state index is 12.9. The van der Waals surface area contributed by atoms with E-state index in [-0.39, 0.29) is 11.8 Å². The van der Waals surface area contributed by atoms with Gasteiger partial charge in [0.1, 0.15) is 5.65 Å². The molecular weight excluding hydrogens is 498 g/mol. The van der Waals surface area contributed by atoms with Crippen LogP contribution >= 0.6 is 15.9 Å². The summed E-state index contributed by atoms with van der Waals surface area (Å²) in [4.78, 5) is 41.6. The lowest BCUT2D eigenvalue weighted by Gasteiger charge is -2.37. The van der Waals surface area contributed by atoms with Crippen molar-refractivity contribution < 1.29 is 9.59 Å². The SMILES string of the molecule is Cc1cncc(C(=O)Nc2c[nH]c3ncc(Br)c(N4CCN(C(=O)C[C@@H]5CCCN5)CC4)c23)c1. The molecule has 2 aliphatic heterocycles. The number of fused-ring (bicyclic) bond motifs is 1.